The van der Waals surface area contributed by atoms with Crippen LogP contribution in [0.5, 0.6) is 6.01 Å². The molecule has 1 aliphatic heterocycles. The topological polar surface area (TPSA) is 72.4 Å². The molecule has 0 radical (unpaired) electrons. The summed E-state index contributed by atoms with van der Waals surface area (Å²) in [7, 11) is 3.51. The highest BCUT2D eigenvalue weighted by Crippen LogP contribution is 2.20. The van der Waals surface area contributed by atoms with E-state index in [4.69, 9.17) is 9.47 Å². The molecule has 1 fully saturated rings. The van der Waals surface area contributed by atoms with E-state index in [0.717, 1.165) is 25.9 Å². The Balaban J connectivity index is 2.14. The van der Waals surface area contributed by atoms with Crippen LogP contribution in [0.15, 0.2) is 0 Å². The third-order valence-corrected chi connectivity index (χ3v) is 3.02. The van der Waals surface area contributed by atoms with Gasteiger partial charge in [-0.3, -0.25) is 0 Å². The predicted molar refractivity (Wildman–Crippen MR) is 72.8 cm³/mol. The van der Waals surface area contributed by atoms with Crippen molar-refractivity contribution in [1.29, 1.82) is 0 Å². The minimum absolute atomic E-state index is 0.245. The van der Waals surface area contributed by atoms with Crippen molar-refractivity contribution in [2.45, 2.75) is 25.9 Å². The molecule has 1 saturated heterocycles. The molecule has 7 nitrogen and oxygen atoms in total. The van der Waals surface area contributed by atoms with Crippen molar-refractivity contribution in [3.05, 3.63) is 0 Å². The van der Waals surface area contributed by atoms with Crippen molar-refractivity contribution < 1.29 is 9.47 Å². The summed E-state index contributed by atoms with van der Waals surface area (Å²) in [5.41, 5.74) is 0. The van der Waals surface area contributed by atoms with Gasteiger partial charge in [0.05, 0.1) is 12.7 Å². The molecule has 7 heteroatoms. The average Bonchev–Trinajstić information content (AvgIpc) is 2.93. The lowest BCUT2D eigenvalue weighted by Crippen LogP contribution is -2.25. The van der Waals surface area contributed by atoms with Crippen LogP contribution in [0, 0.1) is 0 Å². The predicted octanol–water partition coefficient (Wildman–Crippen LogP) is 0.927. The van der Waals surface area contributed by atoms with Gasteiger partial charge in [0.1, 0.15) is 0 Å². The van der Waals surface area contributed by atoms with Gasteiger partial charge in [-0.15, -0.1) is 0 Å². The fourth-order valence-electron chi connectivity index (χ4n) is 1.96. The van der Waals surface area contributed by atoms with E-state index in [0.29, 0.717) is 24.5 Å². The maximum absolute atomic E-state index is 5.49. The van der Waals surface area contributed by atoms with E-state index in [1.54, 1.807) is 14.2 Å². The zero-order chi connectivity index (χ0) is 13.7. The number of aromatic nitrogens is 3. The smallest absolute Gasteiger partial charge is 0.323 e. The Morgan fingerprint density at radius 1 is 1.37 bits per heavy atom. The Kier molecular flexibility index (Phi) is 4.73. The lowest BCUT2D eigenvalue weighted by atomic mass is 10.3. The molecule has 106 valence electrons. The first kappa shape index (κ1) is 13.8. The van der Waals surface area contributed by atoms with Gasteiger partial charge in [-0.05, 0) is 12.8 Å². The minimum Gasteiger partial charge on any atom is -0.463 e. The van der Waals surface area contributed by atoms with Crippen LogP contribution >= 0.6 is 0 Å². The summed E-state index contributed by atoms with van der Waals surface area (Å²) in [6.45, 7) is 4.34. The number of ether oxygens (including phenoxy) is 2. The van der Waals surface area contributed by atoms with Gasteiger partial charge in [0.2, 0.25) is 11.9 Å². The molecule has 0 amide bonds. The molecule has 1 aromatic rings. The largest absolute Gasteiger partial charge is 0.463 e. The average molecular weight is 267 g/mol. The summed E-state index contributed by atoms with van der Waals surface area (Å²) >= 11 is 0. The van der Waals surface area contributed by atoms with Crippen molar-refractivity contribution in [3.63, 3.8) is 0 Å². The van der Waals surface area contributed by atoms with Gasteiger partial charge in [-0.1, -0.05) is 6.92 Å². The molecule has 1 N–H and O–H groups in total. The number of rotatable bonds is 6. The highest BCUT2D eigenvalue weighted by Gasteiger charge is 2.25. The third-order valence-electron chi connectivity index (χ3n) is 3.02. The van der Waals surface area contributed by atoms with E-state index in [-0.39, 0.29) is 6.10 Å². The summed E-state index contributed by atoms with van der Waals surface area (Å²) in [5, 5.41) is 2.93. The van der Waals surface area contributed by atoms with Crippen LogP contribution in [0.2, 0.25) is 0 Å². The van der Waals surface area contributed by atoms with Crippen molar-refractivity contribution in [2.75, 3.05) is 44.1 Å². The molecule has 1 aliphatic rings. The second-order valence-electron chi connectivity index (χ2n) is 4.43. The number of nitrogens with zero attached hydrogens (tertiary/aromatic N) is 4. The van der Waals surface area contributed by atoms with Gasteiger partial charge in [0.25, 0.3) is 0 Å². The van der Waals surface area contributed by atoms with Crippen LogP contribution in [-0.2, 0) is 4.74 Å². The van der Waals surface area contributed by atoms with Gasteiger partial charge in [0, 0.05) is 27.2 Å². The fourth-order valence-corrected chi connectivity index (χ4v) is 1.96. The summed E-state index contributed by atoms with van der Waals surface area (Å²) in [6.07, 6.45) is 2.16. The second-order valence-corrected chi connectivity index (χ2v) is 4.43. The lowest BCUT2D eigenvalue weighted by molar-refractivity contribution is 0.121. The normalized spacial score (nSPS) is 18.7. The lowest BCUT2D eigenvalue weighted by Gasteiger charge is -2.17. The summed E-state index contributed by atoms with van der Waals surface area (Å²) in [6, 6.07) is 0.372. The summed E-state index contributed by atoms with van der Waals surface area (Å²) in [5.74, 6) is 1.17. The third kappa shape index (κ3) is 3.44. The Hall–Kier alpha value is -1.63. The van der Waals surface area contributed by atoms with Gasteiger partial charge in [-0.25, -0.2) is 0 Å². The van der Waals surface area contributed by atoms with Gasteiger partial charge in [0.15, 0.2) is 0 Å². The Labute approximate surface area is 113 Å². The van der Waals surface area contributed by atoms with Crippen molar-refractivity contribution >= 4 is 11.9 Å². The number of methoxy groups -OCH3 is 1. The first-order chi connectivity index (χ1) is 9.26. The number of anilines is 2. The van der Waals surface area contributed by atoms with E-state index in [1.165, 1.54) is 0 Å². The molecular formula is C12H21N5O2. The maximum atomic E-state index is 5.49. The zero-order valence-corrected chi connectivity index (χ0v) is 11.7. The van der Waals surface area contributed by atoms with Crippen LogP contribution in [0.25, 0.3) is 0 Å². The minimum atomic E-state index is 0.245. The Bertz CT molecular complexity index is 415. The molecule has 0 aromatic carbocycles. The maximum Gasteiger partial charge on any atom is 0.323 e. The van der Waals surface area contributed by atoms with E-state index in [1.807, 2.05) is 6.92 Å². The first-order valence-electron chi connectivity index (χ1n) is 6.61. The molecule has 1 unspecified atom stereocenters. The van der Waals surface area contributed by atoms with E-state index >= 15 is 0 Å². The monoisotopic (exact) mass is 267 g/mol. The number of hydrogen-bond acceptors (Lipinski definition) is 7. The zero-order valence-electron chi connectivity index (χ0n) is 11.7. The highest BCUT2D eigenvalue weighted by molar-refractivity contribution is 5.39. The molecular weight excluding hydrogens is 246 g/mol. The van der Waals surface area contributed by atoms with Crippen LogP contribution < -0.4 is 15.0 Å². The fraction of sp³-hybridized carbons (Fsp3) is 0.750. The Morgan fingerprint density at radius 3 is 2.84 bits per heavy atom. The number of hydrogen-bond donors (Lipinski definition) is 1. The number of nitrogens with one attached hydrogen (secondary N) is 1. The Morgan fingerprint density at radius 2 is 2.21 bits per heavy atom. The summed E-state index contributed by atoms with van der Waals surface area (Å²) in [4.78, 5) is 15.0. The molecule has 1 atom stereocenters. The van der Waals surface area contributed by atoms with Gasteiger partial charge < -0.3 is 19.7 Å². The van der Waals surface area contributed by atoms with Crippen molar-refractivity contribution in [1.82, 2.24) is 15.0 Å². The van der Waals surface area contributed by atoms with Crippen molar-refractivity contribution in [2.24, 2.45) is 0 Å². The first-order valence-corrected chi connectivity index (χ1v) is 6.61. The van der Waals surface area contributed by atoms with Crippen LogP contribution in [0.4, 0.5) is 11.9 Å². The molecule has 2 heterocycles. The second kappa shape index (κ2) is 6.51. The molecule has 2 rings (SSSR count). The van der Waals surface area contributed by atoms with Crippen LogP contribution in [-0.4, -0.2) is 54.9 Å². The van der Waals surface area contributed by atoms with Gasteiger partial charge >= 0.3 is 6.01 Å². The van der Waals surface area contributed by atoms with E-state index in [9.17, 15) is 0 Å². The van der Waals surface area contributed by atoms with Crippen molar-refractivity contribution in [3.8, 4) is 6.01 Å². The molecule has 0 aliphatic carbocycles. The van der Waals surface area contributed by atoms with Crippen LogP contribution in [0.1, 0.15) is 19.8 Å². The summed E-state index contributed by atoms with van der Waals surface area (Å²) < 4.78 is 10.8. The molecule has 0 bridgehead atoms. The molecule has 1 aromatic heterocycles. The standard InChI is InChI=1S/C12H21N5O2/c1-4-7-19-12-15-10(13-2)14-11(16-12)17-6-5-9(8-17)18-3/h9H,4-8H2,1-3H3,(H,13,14,15,16). The molecule has 0 saturated carbocycles. The molecule has 19 heavy (non-hydrogen) atoms. The molecule has 0 spiro atoms. The highest BCUT2D eigenvalue weighted by atomic mass is 16.5. The quantitative estimate of drug-likeness (QED) is 0.821. The van der Waals surface area contributed by atoms with Crippen LogP contribution in [0.3, 0.4) is 0 Å². The van der Waals surface area contributed by atoms with Gasteiger partial charge in [-0.2, -0.15) is 15.0 Å². The SMILES string of the molecule is CCCOc1nc(NC)nc(N2CCC(OC)C2)n1. The van der Waals surface area contributed by atoms with E-state index in [2.05, 4.69) is 25.2 Å². The van der Waals surface area contributed by atoms with E-state index < -0.39 is 0 Å².